The quantitative estimate of drug-likeness (QED) is 0.718. The Kier molecular flexibility index (Phi) is 7.22. The summed E-state index contributed by atoms with van der Waals surface area (Å²) >= 11 is 0. The lowest BCUT2D eigenvalue weighted by molar-refractivity contribution is -0.124. The summed E-state index contributed by atoms with van der Waals surface area (Å²) in [6, 6.07) is 13.6. The highest BCUT2D eigenvalue weighted by atomic mass is 16.6. The van der Waals surface area contributed by atoms with E-state index >= 15 is 0 Å². The van der Waals surface area contributed by atoms with Gasteiger partial charge in [-0.2, -0.15) is 5.26 Å². The maximum atomic E-state index is 12.1. The molecule has 0 fully saturated rings. The topological polar surface area (TPSA) is 124 Å². The van der Waals surface area contributed by atoms with Crippen LogP contribution in [-0.2, 0) is 9.53 Å². The van der Waals surface area contributed by atoms with Crippen LogP contribution in [-0.4, -0.2) is 24.7 Å². The Labute approximate surface area is 162 Å². The Hall–Kier alpha value is -3.73. The van der Waals surface area contributed by atoms with E-state index in [0.717, 1.165) is 0 Å². The van der Waals surface area contributed by atoms with Crippen LogP contribution in [0, 0.1) is 11.3 Å². The smallest absolute Gasteiger partial charge is 0.405 e. The van der Waals surface area contributed by atoms with E-state index in [-0.39, 0.29) is 0 Å². The van der Waals surface area contributed by atoms with Gasteiger partial charge < -0.3 is 25.3 Å². The van der Waals surface area contributed by atoms with E-state index < -0.39 is 18.1 Å². The number of nitrogens with one attached hydrogen (secondary N) is 1. The Morgan fingerprint density at radius 3 is 2.39 bits per heavy atom. The van der Waals surface area contributed by atoms with Gasteiger partial charge in [-0.1, -0.05) is 6.92 Å². The van der Waals surface area contributed by atoms with E-state index in [4.69, 9.17) is 25.2 Å². The molecule has 2 aromatic carbocycles. The van der Waals surface area contributed by atoms with E-state index in [1.807, 2.05) is 6.92 Å². The van der Waals surface area contributed by atoms with Crippen LogP contribution in [0.15, 0.2) is 42.5 Å². The van der Waals surface area contributed by atoms with Gasteiger partial charge in [0.15, 0.2) is 6.10 Å². The second-order valence-electron chi connectivity index (χ2n) is 5.65. The first-order valence-corrected chi connectivity index (χ1v) is 8.68. The second kappa shape index (κ2) is 9.83. The van der Waals surface area contributed by atoms with Gasteiger partial charge >= 0.3 is 6.09 Å². The first-order chi connectivity index (χ1) is 13.5. The van der Waals surface area contributed by atoms with E-state index in [0.29, 0.717) is 41.5 Å². The normalized spacial score (nSPS) is 11.0. The molecule has 0 heterocycles. The van der Waals surface area contributed by atoms with Gasteiger partial charge in [0.1, 0.15) is 23.3 Å². The van der Waals surface area contributed by atoms with Crippen LogP contribution in [0.3, 0.4) is 0 Å². The predicted octanol–water partition coefficient (Wildman–Crippen LogP) is 3.56. The van der Waals surface area contributed by atoms with Crippen LogP contribution in [0.1, 0.15) is 25.8 Å². The molecule has 8 heteroatoms. The van der Waals surface area contributed by atoms with Crippen molar-refractivity contribution in [2.75, 3.05) is 11.9 Å². The summed E-state index contributed by atoms with van der Waals surface area (Å²) in [4.78, 5) is 22.9. The Bertz CT molecular complexity index is 874. The molecule has 0 radical (unpaired) electrons. The molecule has 0 saturated carbocycles. The number of nitrogens with two attached hydrogens (primary N) is 1. The monoisotopic (exact) mass is 383 g/mol. The van der Waals surface area contributed by atoms with Crippen molar-refractivity contribution in [3.05, 3.63) is 48.0 Å². The number of anilines is 1. The maximum absolute atomic E-state index is 12.1. The summed E-state index contributed by atoms with van der Waals surface area (Å²) in [6.45, 7) is 3.97. The van der Waals surface area contributed by atoms with E-state index in [2.05, 4.69) is 11.4 Å². The van der Waals surface area contributed by atoms with Crippen molar-refractivity contribution in [1.29, 1.82) is 5.26 Å². The van der Waals surface area contributed by atoms with Crippen molar-refractivity contribution in [1.82, 2.24) is 0 Å². The fraction of sp³-hybridized carbons (Fsp3) is 0.250. The van der Waals surface area contributed by atoms with Crippen molar-refractivity contribution >= 4 is 17.7 Å². The fourth-order valence-corrected chi connectivity index (χ4v) is 2.36. The maximum Gasteiger partial charge on any atom is 0.405 e. The molecule has 0 saturated heterocycles. The molecule has 0 spiro atoms. The zero-order valence-electron chi connectivity index (χ0n) is 15.6. The summed E-state index contributed by atoms with van der Waals surface area (Å²) in [5, 5.41) is 11.7. The molecular formula is C20H21N3O5. The highest BCUT2D eigenvalue weighted by molar-refractivity contribution is 5.95. The molecule has 2 amide bonds. The molecule has 0 bridgehead atoms. The number of primary amides is 1. The molecule has 28 heavy (non-hydrogen) atoms. The average Bonchev–Trinajstić information content (AvgIpc) is 2.68. The van der Waals surface area contributed by atoms with Gasteiger partial charge in [0, 0.05) is 11.8 Å². The van der Waals surface area contributed by atoms with Gasteiger partial charge in [0.05, 0.1) is 12.2 Å². The molecule has 0 aliphatic carbocycles. The summed E-state index contributed by atoms with van der Waals surface area (Å²) < 4.78 is 15.9. The Morgan fingerprint density at radius 1 is 1.14 bits per heavy atom. The number of rotatable bonds is 8. The first kappa shape index (κ1) is 20.6. The SMILES string of the molecule is CCOc1cc(Oc2ccc(NC(=O)[C@@H](CC)OC(N)=O)cc2)ccc1C#N. The van der Waals surface area contributed by atoms with Gasteiger partial charge in [-0.15, -0.1) is 0 Å². The molecule has 1 atom stereocenters. The van der Waals surface area contributed by atoms with Crippen molar-refractivity contribution in [3.8, 4) is 23.3 Å². The fourth-order valence-electron chi connectivity index (χ4n) is 2.36. The van der Waals surface area contributed by atoms with Gasteiger partial charge in [0.25, 0.3) is 5.91 Å². The number of nitriles is 1. The van der Waals surface area contributed by atoms with Crippen LogP contribution in [0.25, 0.3) is 0 Å². The minimum Gasteiger partial charge on any atom is -0.492 e. The number of ether oxygens (including phenoxy) is 3. The number of carbonyl (C=O) groups excluding carboxylic acids is 2. The van der Waals surface area contributed by atoms with E-state index in [9.17, 15) is 9.59 Å². The van der Waals surface area contributed by atoms with E-state index in [1.54, 1.807) is 49.4 Å². The summed E-state index contributed by atoms with van der Waals surface area (Å²) in [7, 11) is 0. The lowest BCUT2D eigenvalue weighted by Crippen LogP contribution is -2.33. The van der Waals surface area contributed by atoms with Gasteiger partial charge in [0.2, 0.25) is 0 Å². The van der Waals surface area contributed by atoms with Crippen molar-refractivity contribution in [3.63, 3.8) is 0 Å². The molecule has 0 unspecified atom stereocenters. The number of nitrogens with zero attached hydrogens (tertiary/aromatic N) is 1. The van der Waals surface area contributed by atoms with Crippen molar-refractivity contribution in [2.24, 2.45) is 5.73 Å². The average molecular weight is 383 g/mol. The molecule has 146 valence electrons. The minimum absolute atomic E-state index is 0.302. The van der Waals surface area contributed by atoms with Crippen molar-refractivity contribution < 1.29 is 23.8 Å². The molecule has 0 aliphatic heterocycles. The van der Waals surface area contributed by atoms with Crippen LogP contribution in [0.2, 0.25) is 0 Å². The molecule has 0 aromatic heterocycles. The van der Waals surface area contributed by atoms with Crippen LogP contribution in [0.4, 0.5) is 10.5 Å². The van der Waals surface area contributed by atoms with Crippen molar-refractivity contribution in [2.45, 2.75) is 26.4 Å². The van der Waals surface area contributed by atoms with Crippen LogP contribution in [0.5, 0.6) is 17.2 Å². The number of hydrogen-bond donors (Lipinski definition) is 2. The Balaban J connectivity index is 2.05. The van der Waals surface area contributed by atoms with E-state index in [1.165, 1.54) is 0 Å². The molecule has 3 N–H and O–H groups in total. The summed E-state index contributed by atoms with van der Waals surface area (Å²) in [6.07, 6.45) is -1.65. The number of carbonyl (C=O) groups is 2. The number of amides is 2. The minimum atomic E-state index is -1.00. The first-order valence-electron chi connectivity index (χ1n) is 8.68. The molecule has 2 aromatic rings. The van der Waals surface area contributed by atoms with Gasteiger partial charge in [-0.05, 0) is 49.7 Å². The lowest BCUT2D eigenvalue weighted by atomic mass is 10.2. The highest BCUT2D eigenvalue weighted by Gasteiger charge is 2.19. The van der Waals surface area contributed by atoms with Crippen LogP contribution >= 0.6 is 0 Å². The lowest BCUT2D eigenvalue weighted by Gasteiger charge is -2.15. The summed E-state index contributed by atoms with van der Waals surface area (Å²) in [5.41, 5.74) is 5.90. The standard InChI is InChI=1S/C20H21N3O5/c1-3-17(28-20(22)25)19(24)23-14-6-9-15(10-7-14)27-16-8-5-13(12-21)18(11-16)26-4-2/h5-11,17H,3-4H2,1-2H3,(H2,22,25)(H,23,24)/t17-/m1/s1. The third-order valence-corrected chi connectivity index (χ3v) is 3.65. The zero-order chi connectivity index (χ0) is 20.5. The largest absolute Gasteiger partial charge is 0.492 e. The Morgan fingerprint density at radius 2 is 1.82 bits per heavy atom. The third-order valence-electron chi connectivity index (χ3n) is 3.65. The number of hydrogen-bond acceptors (Lipinski definition) is 6. The molecule has 0 aliphatic rings. The summed E-state index contributed by atoms with van der Waals surface area (Å²) in [5.74, 6) is 1.03. The predicted molar refractivity (Wildman–Crippen MR) is 102 cm³/mol. The molecule has 2 rings (SSSR count). The number of benzene rings is 2. The van der Waals surface area contributed by atoms with Crippen LogP contribution < -0.4 is 20.5 Å². The van der Waals surface area contributed by atoms with Gasteiger partial charge in [-0.3, -0.25) is 4.79 Å². The third kappa shape index (κ3) is 5.64. The molecule has 8 nitrogen and oxygen atoms in total. The molecular weight excluding hydrogens is 362 g/mol. The highest BCUT2D eigenvalue weighted by Crippen LogP contribution is 2.29. The second-order valence-corrected chi connectivity index (χ2v) is 5.65. The zero-order valence-corrected chi connectivity index (χ0v) is 15.6. The van der Waals surface area contributed by atoms with Gasteiger partial charge in [-0.25, -0.2) is 4.79 Å².